The molecule has 21 heavy (non-hydrogen) atoms. The third-order valence-electron chi connectivity index (χ3n) is 4.05. The summed E-state index contributed by atoms with van der Waals surface area (Å²) in [7, 11) is 0. The molecule has 0 atom stereocenters. The molecule has 5 heteroatoms. The van der Waals surface area contributed by atoms with Crippen LogP contribution in [0.3, 0.4) is 0 Å². The van der Waals surface area contributed by atoms with E-state index in [9.17, 15) is 4.79 Å². The molecular formula is C16H26N4O. The number of pyridine rings is 1. The number of likely N-dealkylation sites (tertiary alicyclic amines) is 1. The Hall–Kier alpha value is -1.62. The van der Waals surface area contributed by atoms with E-state index in [1.165, 1.54) is 19.3 Å². The van der Waals surface area contributed by atoms with Crippen LogP contribution < -0.4 is 10.6 Å². The lowest BCUT2D eigenvalue weighted by molar-refractivity contribution is 0.0960. The molecule has 0 unspecified atom stereocenters. The SMILES string of the molecule is CC(C)(CNC(=O)NCc1ccccn1)N1CCCCC1. The molecule has 116 valence electrons. The number of amides is 2. The molecule has 5 nitrogen and oxygen atoms in total. The minimum atomic E-state index is -0.134. The molecule has 1 aromatic heterocycles. The Morgan fingerprint density at radius 1 is 1.24 bits per heavy atom. The first-order chi connectivity index (χ1) is 10.1. The second-order valence-corrected chi connectivity index (χ2v) is 6.22. The molecule has 2 heterocycles. The lowest BCUT2D eigenvalue weighted by Gasteiger charge is -2.41. The number of hydrogen-bond donors (Lipinski definition) is 2. The van der Waals surface area contributed by atoms with Crippen molar-refractivity contribution in [1.82, 2.24) is 20.5 Å². The Balaban J connectivity index is 1.72. The summed E-state index contributed by atoms with van der Waals surface area (Å²) in [5.41, 5.74) is 0.867. The summed E-state index contributed by atoms with van der Waals surface area (Å²) in [5, 5.41) is 5.81. The zero-order valence-electron chi connectivity index (χ0n) is 13.1. The van der Waals surface area contributed by atoms with Crippen molar-refractivity contribution in [3.05, 3.63) is 30.1 Å². The van der Waals surface area contributed by atoms with Crippen molar-refractivity contribution in [2.75, 3.05) is 19.6 Å². The summed E-state index contributed by atoms with van der Waals surface area (Å²) in [6, 6.07) is 5.55. The van der Waals surface area contributed by atoms with Crippen LogP contribution in [0.4, 0.5) is 4.79 Å². The quantitative estimate of drug-likeness (QED) is 0.873. The van der Waals surface area contributed by atoms with Gasteiger partial charge in [0.15, 0.2) is 0 Å². The monoisotopic (exact) mass is 290 g/mol. The molecule has 1 aromatic rings. The van der Waals surface area contributed by atoms with E-state index in [4.69, 9.17) is 0 Å². The van der Waals surface area contributed by atoms with Crippen LogP contribution in [0.25, 0.3) is 0 Å². The topological polar surface area (TPSA) is 57.3 Å². The number of nitrogens with one attached hydrogen (secondary N) is 2. The Kier molecular flexibility index (Phi) is 5.56. The van der Waals surface area contributed by atoms with E-state index < -0.39 is 0 Å². The molecule has 0 radical (unpaired) electrons. The van der Waals surface area contributed by atoms with Crippen LogP contribution in [-0.4, -0.2) is 41.1 Å². The number of nitrogens with zero attached hydrogens (tertiary/aromatic N) is 2. The van der Waals surface area contributed by atoms with Gasteiger partial charge in [0.05, 0.1) is 12.2 Å². The maximum absolute atomic E-state index is 11.9. The molecule has 1 fully saturated rings. The van der Waals surface area contributed by atoms with Gasteiger partial charge in [-0.15, -0.1) is 0 Å². The number of hydrogen-bond acceptors (Lipinski definition) is 3. The van der Waals surface area contributed by atoms with Crippen molar-refractivity contribution in [1.29, 1.82) is 0 Å². The van der Waals surface area contributed by atoms with Crippen LogP contribution in [0.1, 0.15) is 38.8 Å². The first kappa shape index (κ1) is 15.8. The van der Waals surface area contributed by atoms with Crippen molar-refractivity contribution < 1.29 is 4.79 Å². The highest BCUT2D eigenvalue weighted by Gasteiger charge is 2.28. The maximum Gasteiger partial charge on any atom is 0.315 e. The fourth-order valence-corrected chi connectivity index (χ4v) is 2.64. The van der Waals surface area contributed by atoms with Crippen molar-refractivity contribution in [2.24, 2.45) is 0 Å². The van der Waals surface area contributed by atoms with E-state index in [1.54, 1.807) is 6.20 Å². The minimum Gasteiger partial charge on any atom is -0.336 e. The van der Waals surface area contributed by atoms with Crippen LogP contribution in [0, 0.1) is 0 Å². The fourth-order valence-electron chi connectivity index (χ4n) is 2.64. The van der Waals surface area contributed by atoms with Crippen LogP contribution in [0.2, 0.25) is 0 Å². The summed E-state index contributed by atoms with van der Waals surface area (Å²) < 4.78 is 0. The highest BCUT2D eigenvalue weighted by atomic mass is 16.2. The van der Waals surface area contributed by atoms with Gasteiger partial charge in [-0.25, -0.2) is 4.79 Å². The Labute approximate surface area is 127 Å². The van der Waals surface area contributed by atoms with Gasteiger partial charge in [-0.2, -0.15) is 0 Å². The van der Waals surface area contributed by atoms with E-state index in [-0.39, 0.29) is 11.6 Å². The molecule has 2 rings (SSSR count). The molecule has 0 saturated carbocycles. The second kappa shape index (κ2) is 7.41. The van der Waals surface area contributed by atoms with E-state index in [0.29, 0.717) is 13.1 Å². The predicted octanol–water partition coefficient (Wildman–Crippen LogP) is 2.15. The predicted molar refractivity (Wildman–Crippen MR) is 84.0 cm³/mol. The number of carbonyl (C=O) groups is 1. The average Bonchev–Trinajstić information content (AvgIpc) is 2.53. The molecule has 1 aliphatic rings. The smallest absolute Gasteiger partial charge is 0.315 e. The van der Waals surface area contributed by atoms with Gasteiger partial charge in [-0.3, -0.25) is 9.88 Å². The lowest BCUT2D eigenvalue weighted by atomic mass is 9.98. The fraction of sp³-hybridized carbons (Fsp3) is 0.625. The number of urea groups is 1. The zero-order valence-corrected chi connectivity index (χ0v) is 13.1. The first-order valence-electron chi connectivity index (χ1n) is 7.74. The van der Waals surface area contributed by atoms with Crippen molar-refractivity contribution in [3.8, 4) is 0 Å². The summed E-state index contributed by atoms with van der Waals surface area (Å²) in [6.45, 7) is 7.75. The Morgan fingerprint density at radius 2 is 2.00 bits per heavy atom. The van der Waals surface area contributed by atoms with Gasteiger partial charge in [0.1, 0.15) is 0 Å². The molecule has 1 aliphatic heterocycles. The molecule has 0 spiro atoms. The summed E-state index contributed by atoms with van der Waals surface area (Å²) in [6.07, 6.45) is 5.57. The maximum atomic E-state index is 11.9. The van der Waals surface area contributed by atoms with Crippen LogP contribution in [0.5, 0.6) is 0 Å². The van der Waals surface area contributed by atoms with Gasteiger partial charge in [-0.05, 0) is 51.9 Å². The number of piperidine rings is 1. The second-order valence-electron chi connectivity index (χ2n) is 6.22. The van der Waals surface area contributed by atoms with Crippen molar-refractivity contribution in [2.45, 2.75) is 45.2 Å². The molecule has 0 aromatic carbocycles. The minimum absolute atomic E-state index is 0.00274. The molecule has 0 bridgehead atoms. The van der Waals surface area contributed by atoms with E-state index in [2.05, 4.69) is 34.4 Å². The van der Waals surface area contributed by atoms with E-state index in [1.807, 2.05) is 18.2 Å². The average molecular weight is 290 g/mol. The van der Waals surface area contributed by atoms with E-state index in [0.717, 1.165) is 18.8 Å². The molecule has 1 saturated heterocycles. The van der Waals surface area contributed by atoms with Gasteiger partial charge >= 0.3 is 6.03 Å². The number of rotatable bonds is 5. The highest BCUT2D eigenvalue weighted by molar-refractivity contribution is 5.73. The third-order valence-corrected chi connectivity index (χ3v) is 4.05. The van der Waals surface area contributed by atoms with Crippen LogP contribution >= 0.6 is 0 Å². The van der Waals surface area contributed by atoms with Gasteiger partial charge in [0, 0.05) is 18.3 Å². The van der Waals surface area contributed by atoms with Crippen molar-refractivity contribution >= 4 is 6.03 Å². The van der Waals surface area contributed by atoms with Gasteiger partial charge < -0.3 is 10.6 Å². The Bertz CT molecular complexity index is 441. The first-order valence-corrected chi connectivity index (χ1v) is 7.74. The number of carbonyl (C=O) groups excluding carboxylic acids is 1. The molecule has 2 N–H and O–H groups in total. The van der Waals surface area contributed by atoms with Gasteiger partial charge in [-0.1, -0.05) is 12.5 Å². The summed E-state index contributed by atoms with van der Waals surface area (Å²) in [5.74, 6) is 0. The summed E-state index contributed by atoms with van der Waals surface area (Å²) >= 11 is 0. The normalized spacial score (nSPS) is 16.5. The van der Waals surface area contributed by atoms with Gasteiger partial charge in [0.2, 0.25) is 0 Å². The lowest BCUT2D eigenvalue weighted by Crippen LogP contribution is -2.54. The van der Waals surface area contributed by atoms with Crippen LogP contribution in [0.15, 0.2) is 24.4 Å². The molecule has 0 aliphatic carbocycles. The molecular weight excluding hydrogens is 264 g/mol. The van der Waals surface area contributed by atoms with Crippen molar-refractivity contribution in [3.63, 3.8) is 0 Å². The highest BCUT2D eigenvalue weighted by Crippen LogP contribution is 2.19. The van der Waals surface area contributed by atoms with Gasteiger partial charge in [0.25, 0.3) is 0 Å². The summed E-state index contributed by atoms with van der Waals surface area (Å²) in [4.78, 5) is 18.5. The zero-order chi connectivity index (χ0) is 15.1. The Morgan fingerprint density at radius 3 is 2.67 bits per heavy atom. The van der Waals surface area contributed by atoms with Crippen LogP contribution in [-0.2, 0) is 6.54 Å². The number of aromatic nitrogens is 1. The van der Waals surface area contributed by atoms with E-state index >= 15 is 0 Å². The molecule has 2 amide bonds. The third kappa shape index (κ3) is 5.01. The standard InChI is InChI=1S/C16H26N4O/c1-16(2,20-10-6-3-7-11-20)13-19-15(21)18-12-14-8-4-5-9-17-14/h4-5,8-9H,3,6-7,10-13H2,1-2H3,(H2,18,19,21). The largest absolute Gasteiger partial charge is 0.336 e.